The molecular formula is C42H34N2. The molecule has 2 nitrogen and oxygen atoms in total. The molecule has 2 heteroatoms. The van der Waals surface area contributed by atoms with Crippen molar-refractivity contribution in [2.24, 2.45) is 0 Å². The van der Waals surface area contributed by atoms with E-state index < -0.39 is 0 Å². The minimum Gasteiger partial charge on any atom is -0.306 e. The SMILES string of the molecule is CC1(C)c2cc(-c3ccccc3)ccc2N2c3ccccc3N3c4ccc(-c5ccccc5)cc4C(C)(C)c4ccc1c2c43. The summed E-state index contributed by atoms with van der Waals surface area (Å²) in [6.07, 6.45) is 0. The van der Waals surface area contributed by atoms with E-state index in [1.165, 1.54) is 78.6 Å². The molecule has 0 aromatic heterocycles. The Kier molecular flexibility index (Phi) is 5.05. The number of rotatable bonds is 2. The largest absolute Gasteiger partial charge is 0.306 e. The summed E-state index contributed by atoms with van der Waals surface area (Å²) >= 11 is 0. The van der Waals surface area contributed by atoms with Crippen molar-refractivity contribution in [3.05, 3.63) is 156 Å². The van der Waals surface area contributed by atoms with Crippen LogP contribution < -0.4 is 9.80 Å². The monoisotopic (exact) mass is 566 g/mol. The van der Waals surface area contributed by atoms with Crippen LogP contribution in [0.5, 0.6) is 0 Å². The predicted octanol–water partition coefficient (Wildman–Crippen LogP) is 11.6. The van der Waals surface area contributed by atoms with Gasteiger partial charge in [-0.15, -0.1) is 0 Å². The molecule has 0 saturated carbocycles. The maximum absolute atomic E-state index is 2.55. The molecule has 0 fully saturated rings. The topological polar surface area (TPSA) is 6.48 Å². The second-order valence-corrected chi connectivity index (χ2v) is 13.5. The lowest BCUT2D eigenvalue weighted by atomic mass is 9.67. The van der Waals surface area contributed by atoms with Crippen LogP contribution in [0.25, 0.3) is 22.3 Å². The maximum atomic E-state index is 2.55. The highest BCUT2D eigenvalue weighted by molar-refractivity contribution is 6.08. The molecule has 212 valence electrons. The molecule has 3 aliphatic heterocycles. The zero-order chi connectivity index (χ0) is 29.8. The van der Waals surface area contributed by atoms with Gasteiger partial charge in [-0.3, -0.25) is 0 Å². The van der Waals surface area contributed by atoms with Gasteiger partial charge in [-0.2, -0.15) is 0 Å². The van der Waals surface area contributed by atoms with Gasteiger partial charge in [0, 0.05) is 10.8 Å². The fourth-order valence-corrected chi connectivity index (χ4v) is 8.00. The quantitative estimate of drug-likeness (QED) is 0.205. The molecule has 0 radical (unpaired) electrons. The number of fused-ring (bicyclic) bond motifs is 7. The van der Waals surface area contributed by atoms with Crippen molar-refractivity contribution >= 4 is 34.1 Å². The van der Waals surface area contributed by atoms with Gasteiger partial charge in [-0.1, -0.05) is 125 Å². The average molecular weight is 567 g/mol. The van der Waals surface area contributed by atoms with Crippen molar-refractivity contribution in [1.29, 1.82) is 0 Å². The second kappa shape index (κ2) is 8.74. The highest BCUT2D eigenvalue weighted by Crippen LogP contribution is 2.66. The molecule has 44 heavy (non-hydrogen) atoms. The zero-order valence-corrected chi connectivity index (χ0v) is 25.6. The number of hydrogen-bond donors (Lipinski definition) is 0. The van der Waals surface area contributed by atoms with E-state index >= 15 is 0 Å². The third kappa shape index (κ3) is 3.26. The summed E-state index contributed by atoms with van der Waals surface area (Å²) in [5, 5.41) is 0. The van der Waals surface area contributed by atoms with Gasteiger partial charge in [0.25, 0.3) is 0 Å². The Hall–Kier alpha value is -5.08. The summed E-state index contributed by atoms with van der Waals surface area (Å²) in [6.45, 7) is 9.59. The van der Waals surface area contributed by atoms with Crippen molar-refractivity contribution in [3.63, 3.8) is 0 Å². The number of hydrogen-bond acceptors (Lipinski definition) is 2. The molecule has 3 aliphatic rings. The van der Waals surface area contributed by atoms with Crippen LogP contribution in [0.2, 0.25) is 0 Å². The molecule has 0 aliphatic carbocycles. The Labute approximate surface area is 259 Å². The normalized spacial score (nSPS) is 16.0. The van der Waals surface area contributed by atoms with Gasteiger partial charge in [0.2, 0.25) is 0 Å². The Balaban J connectivity index is 1.32. The van der Waals surface area contributed by atoms with Crippen molar-refractivity contribution in [1.82, 2.24) is 0 Å². The molecule has 0 spiro atoms. The van der Waals surface area contributed by atoms with Crippen molar-refractivity contribution in [3.8, 4) is 22.3 Å². The van der Waals surface area contributed by atoms with Gasteiger partial charge in [0.05, 0.1) is 34.1 Å². The van der Waals surface area contributed by atoms with Gasteiger partial charge in [-0.25, -0.2) is 0 Å². The minimum atomic E-state index is -0.180. The number of anilines is 6. The van der Waals surface area contributed by atoms with Gasteiger partial charge in [-0.05, 0) is 80.9 Å². The van der Waals surface area contributed by atoms with E-state index in [1.54, 1.807) is 0 Å². The lowest BCUT2D eigenvalue weighted by molar-refractivity contribution is 0.613. The fraction of sp³-hybridized carbons (Fsp3) is 0.143. The molecule has 0 saturated heterocycles. The highest BCUT2D eigenvalue weighted by Gasteiger charge is 2.48. The van der Waals surface area contributed by atoms with Crippen LogP contribution in [0.15, 0.2) is 133 Å². The standard InChI is InChI=1S/C42H34N2/c1-41(2)31-21-22-32-40-39(31)43(35-23-19-29(25-33(35)41)27-13-7-5-8-14-27)37-17-11-12-18-38(37)44(40)36-24-20-30(26-34(36)42(32,3)4)28-15-9-6-10-16-28/h5-26H,1-4H3. The summed E-state index contributed by atoms with van der Waals surface area (Å²) in [4.78, 5) is 5.10. The van der Waals surface area contributed by atoms with Gasteiger partial charge in [0.15, 0.2) is 0 Å². The predicted molar refractivity (Wildman–Crippen MR) is 184 cm³/mol. The van der Waals surface area contributed by atoms with Crippen LogP contribution in [0.3, 0.4) is 0 Å². The smallest absolute Gasteiger partial charge is 0.0747 e. The Morgan fingerprint density at radius 1 is 0.341 bits per heavy atom. The molecule has 0 atom stereocenters. The third-order valence-electron chi connectivity index (χ3n) is 10.3. The van der Waals surface area contributed by atoms with Crippen molar-refractivity contribution < 1.29 is 0 Å². The van der Waals surface area contributed by atoms with Gasteiger partial charge < -0.3 is 9.80 Å². The van der Waals surface area contributed by atoms with Crippen LogP contribution in [0, 0.1) is 0 Å². The van der Waals surface area contributed by atoms with Crippen LogP contribution >= 0.6 is 0 Å². The Morgan fingerprint density at radius 2 is 0.727 bits per heavy atom. The summed E-state index contributed by atoms with van der Waals surface area (Å²) in [6, 6.07) is 49.4. The van der Waals surface area contributed by atoms with E-state index in [0.29, 0.717) is 0 Å². The van der Waals surface area contributed by atoms with Crippen LogP contribution in [-0.4, -0.2) is 0 Å². The van der Waals surface area contributed by atoms with Crippen molar-refractivity contribution in [2.45, 2.75) is 38.5 Å². The molecule has 0 amide bonds. The first-order valence-corrected chi connectivity index (χ1v) is 15.6. The lowest BCUT2D eigenvalue weighted by Gasteiger charge is -2.52. The average Bonchev–Trinajstić information content (AvgIpc) is 3.06. The van der Waals surface area contributed by atoms with Gasteiger partial charge >= 0.3 is 0 Å². The Morgan fingerprint density at radius 3 is 1.14 bits per heavy atom. The molecule has 6 aromatic carbocycles. The summed E-state index contributed by atoms with van der Waals surface area (Å²) in [5.41, 5.74) is 17.7. The molecule has 0 bridgehead atoms. The molecule has 6 aromatic rings. The van der Waals surface area contributed by atoms with E-state index in [0.717, 1.165) is 0 Å². The molecular weight excluding hydrogens is 532 g/mol. The minimum absolute atomic E-state index is 0.180. The summed E-state index contributed by atoms with van der Waals surface area (Å²) in [7, 11) is 0. The second-order valence-electron chi connectivity index (χ2n) is 13.5. The first-order chi connectivity index (χ1) is 21.4. The van der Waals surface area contributed by atoms with E-state index in [9.17, 15) is 0 Å². The molecule has 0 unspecified atom stereocenters. The van der Waals surface area contributed by atoms with Crippen LogP contribution in [0.4, 0.5) is 34.1 Å². The summed E-state index contributed by atoms with van der Waals surface area (Å²) < 4.78 is 0. The van der Waals surface area contributed by atoms with E-state index in [2.05, 4.69) is 171 Å². The highest BCUT2D eigenvalue weighted by atomic mass is 15.3. The zero-order valence-electron chi connectivity index (χ0n) is 25.6. The Bertz CT molecular complexity index is 1970. The van der Waals surface area contributed by atoms with Crippen LogP contribution in [-0.2, 0) is 10.8 Å². The first-order valence-electron chi connectivity index (χ1n) is 15.6. The fourth-order valence-electron chi connectivity index (χ4n) is 8.00. The van der Waals surface area contributed by atoms with E-state index in [1.807, 2.05) is 0 Å². The molecule has 0 N–H and O–H groups in total. The lowest BCUT2D eigenvalue weighted by Crippen LogP contribution is -2.39. The number of para-hydroxylation sites is 2. The molecule has 9 rings (SSSR count). The van der Waals surface area contributed by atoms with Crippen LogP contribution in [0.1, 0.15) is 49.9 Å². The maximum Gasteiger partial charge on any atom is 0.0747 e. The molecule has 3 heterocycles. The number of nitrogens with zero attached hydrogens (tertiary/aromatic N) is 2. The summed E-state index contributed by atoms with van der Waals surface area (Å²) in [5.74, 6) is 0. The van der Waals surface area contributed by atoms with E-state index in [4.69, 9.17) is 0 Å². The third-order valence-corrected chi connectivity index (χ3v) is 10.3. The van der Waals surface area contributed by atoms with E-state index in [-0.39, 0.29) is 10.8 Å². The van der Waals surface area contributed by atoms with Crippen molar-refractivity contribution in [2.75, 3.05) is 9.80 Å². The van der Waals surface area contributed by atoms with Gasteiger partial charge in [0.1, 0.15) is 0 Å². The number of benzene rings is 6. The first kappa shape index (κ1) is 25.4.